The molecule has 3 aromatic carbocycles. The van der Waals surface area contributed by atoms with E-state index < -0.39 is 11.9 Å². The molecule has 0 radical (unpaired) electrons. The van der Waals surface area contributed by atoms with Crippen LogP contribution < -0.4 is 42.1 Å². The highest BCUT2D eigenvalue weighted by Gasteiger charge is 2.39. The van der Waals surface area contributed by atoms with E-state index in [2.05, 4.69) is 61.2 Å². The van der Waals surface area contributed by atoms with E-state index in [1.54, 1.807) is 37.5 Å². The lowest BCUT2D eigenvalue weighted by atomic mass is 9.98. The highest BCUT2D eigenvalue weighted by molar-refractivity contribution is 6.30. The second-order valence-corrected chi connectivity index (χ2v) is 16.8. The van der Waals surface area contributed by atoms with Gasteiger partial charge in [-0.1, -0.05) is 30.7 Å². The van der Waals surface area contributed by atoms with Gasteiger partial charge in [0.15, 0.2) is 0 Å². The van der Waals surface area contributed by atoms with Crippen molar-refractivity contribution >= 4 is 75.8 Å². The molecule has 2 fully saturated rings. The van der Waals surface area contributed by atoms with Crippen LogP contribution in [0.3, 0.4) is 0 Å². The van der Waals surface area contributed by atoms with Crippen molar-refractivity contribution < 1.29 is 33.5 Å². The van der Waals surface area contributed by atoms with Crippen LogP contribution in [0.5, 0.6) is 0 Å². The molecule has 0 spiro atoms. The summed E-state index contributed by atoms with van der Waals surface area (Å²) in [6.07, 6.45) is 3.71. The van der Waals surface area contributed by atoms with Gasteiger partial charge in [0, 0.05) is 106 Å². The number of imide groups is 1. The first kappa shape index (κ1) is 46.5. The Labute approximate surface area is 382 Å². The number of carbonyl (C=O) groups is 6. The molecule has 4 heterocycles. The predicted octanol–water partition coefficient (Wildman–Crippen LogP) is 3.68. The van der Waals surface area contributed by atoms with E-state index >= 15 is 0 Å². The van der Waals surface area contributed by atoms with Crippen molar-refractivity contribution in [3.8, 4) is 0 Å². The molecule has 2 saturated heterocycles. The number of urea groups is 1. The summed E-state index contributed by atoms with van der Waals surface area (Å²) in [6.45, 7) is 6.52. The molecule has 3 atom stereocenters. The van der Waals surface area contributed by atoms with Crippen molar-refractivity contribution in [1.29, 1.82) is 0 Å². The second-order valence-electron chi connectivity index (χ2n) is 16.3. The number of hydrogen-bond donors (Lipinski definition) is 7. The van der Waals surface area contributed by atoms with Crippen LogP contribution in [0.2, 0.25) is 0 Å². The van der Waals surface area contributed by atoms with Gasteiger partial charge in [-0.2, -0.15) is 0 Å². The van der Waals surface area contributed by atoms with E-state index in [0.29, 0.717) is 73.2 Å². The number of para-hydroxylation sites is 1. The van der Waals surface area contributed by atoms with E-state index in [9.17, 15) is 28.8 Å². The number of benzene rings is 3. The van der Waals surface area contributed by atoms with Crippen LogP contribution in [-0.4, -0.2) is 129 Å². The van der Waals surface area contributed by atoms with Gasteiger partial charge in [0.2, 0.25) is 17.7 Å². The lowest BCUT2D eigenvalue weighted by Gasteiger charge is -2.36. The van der Waals surface area contributed by atoms with Crippen molar-refractivity contribution in [2.45, 2.75) is 51.2 Å². The number of piperazine rings is 1. The number of fused-ring (bicyclic) bond motifs is 1. The molecular formula is C46H56ClN11O7. The molecule has 4 aliphatic rings. The number of amides is 7. The van der Waals surface area contributed by atoms with E-state index in [-0.39, 0.29) is 74.2 Å². The standard InChI is InChI=1S/C46H56ClN11O7/c1-29-7-14-38(54-37-6-4-3-5-35(37)43(61)48-2)36(47)26-51-42(29)53-31-8-11-33(12-9-31)56-20-22-57(23-21-56)46(64)50-18-17-49-19-24-65-28-41(60)52-32-10-13-34-30(25-32)27-58(45(34)63)39-15-16-40(59)55-44(39)62/h3-6,8-13,25-26,29,38-39,49,54H,7,14-24,27-28H2,1-2H3,(H,48,61)(H,50,64)(H,51,53)(H,52,60)(H,55,59,62). The number of nitrogens with zero attached hydrogens (tertiary/aromatic N) is 4. The Morgan fingerprint density at radius 2 is 1.68 bits per heavy atom. The first-order valence-electron chi connectivity index (χ1n) is 22.0. The Morgan fingerprint density at radius 3 is 2.45 bits per heavy atom. The summed E-state index contributed by atoms with van der Waals surface area (Å²) in [4.78, 5) is 84.8. The second kappa shape index (κ2) is 21.9. The van der Waals surface area contributed by atoms with Crippen LogP contribution in [0.25, 0.3) is 0 Å². The molecule has 7 rings (SSSR count). The van der Waals surface area contributed by atoms with Gasteiger partial charge in [-0.15, -0.1) is 0 Å². The SMILES string of the molecule is CNC(=O)c1ccccc1NC1CCC(C)C(Nc2ccc(N3CCN(C(=O)NCCNCCOCC(=O)Nc4ccc5c(c4)CN(C4CCC(=O)NC4=O)C5=O)CC3)cc2)=NC=C1Cl. The van der Waals surface area contributed by atoms with Gasteiger partial charge in [-0.3, -0.25) is 29.3 Å². The summed E-state index contributed by atoms with van der Waals surface area (Å²) in [6, 6.07) is 19.5. The minimum Gasteiger partial charge on any atom is -0.377 e. The molecule has 0 aromatic heterocycles. The molecule has 18 nitrogen and oxygen atoms in total. The molecule has 3 unspecified atom stereocenters. The Balaban J connectivity index is 0.756. The molecular weight excluding hydrogens is 854 g/mol. The normalized spacial score (nSPS) is 19.8. The molecule has 7 amide bonds. The van der Waals surface area contributed by atoms with Gasteiger partial charge in [-0.25, -0.2) is 9.79 Å². The number of aliphatic imine (C=N–C) groups is 1. The van der Waals surface area contributed by atoms with Gasteiger partial charge in [-0.05, 0) is 79.4 Å². The lowest BCUT2D eigenvalue weighted by Crippen LogP contribution is -2.52. The zero-order valence-electron chi connectivity index (χ0n) is 36.6. The number of carbonyl (C=O) groups excluding carboxylic acids is 6. The summed E-state index contributed by atoms with van der Waals surface area (Å²) >= 11 is 6.73. The number of ether oxygens (including phenoxy) is 1. The molecule has 0 aliphatic carbocycles. The highest BCUT2D eigenvalue weighted by atomic mass is 35.5. The summed E-state index contributed by atoms with van der Waals surface area (Å²) in [5.41, 5.74) is 4.93. The summed E-state index contributed by atoms with van der Waals surface area (Å²) < 4.78 is 5.51. The third-order valence-corrected chi connectivity index (χ3v) is 12.2. The van der Waals surface area contributed by atoms with Crippen molar-refractivity contribution in [2.75, 3.05) is 86.9 Å². The fraction of sp³-hybridized carbons (Fsp3) is 0.413. The van der Waals surface area contributed by atoms with Crippen LogP contribution in [0, 0.1) is 5.92 Å². The molecule has 0 bridgehead atoms. The fourth-order valence-electron chi connectivity index (χ4n) is 8.19. The van der Waals surface area contributed by atoms with Crippen LogP contribution in [0.4, 0.5) is 27.5 Å². The van der Waals surface area contributed by atoms with E-state index in [4.69, 9.17) is 21.3 Å². The van der Waals surface area contributed by atoms with Gasteiger partial charge in [0.25, 0.3) is 11.8 Å². The Hall–Kier alpha value is -6.50. The number of amidine groups is 1. The number of hydrogen-bond acceptors (Lipinski definition) is 12. The first-order chi connectivity index (χ1) is 31.5. The molecule has 65 heavy (non-hydrogen) atoms. The topological polar surface area (TPSA) is 218 Å². The van der Waals surface area contributed by atoms with E-state index in [1.807, 2.05) is 35.2 Å². The average Bonchev–Trinajstić information content (AvgIpc) is 3.63. The maximum absolute atomic E-state index is 12.9. The summed E-state index contributed by atoms with van der Waals surface area (Å²) in [7, 11) is 1.61. The molecule has 344 valence electrons. The third kappa shape index (κ3) is 12.0. The third-order valence-electron chi connectivity index (χ3n) is 11.9. The number of rotatable bonds is 15. The van der Waals surface area contributed by atoms with Gasteiger partial charge in [0.1, 0.15) is 18.5 Å². The Morgan fingerprint density at radius 1 is 0.908 bits per heavy atom. The lowest BCUT2D eigenvalue weighted by molar-refractivity contribution is -0.137. The van der Waals surface area contributed by atoms with Crippen molar-refractivity contribution in [2.24, 2.45) is 10.9 Å². The van der Waals surface area contributed by atoms with Gasteiger partial charge >= 0.3 is 6.03 Å². The van der Waals surface area contributed by atoms with Crippen LogP contribution >= 0.6 is 11.6 Å². The Bertz CT molecular complexity index is 2320. The summed E-state index contributed by atoms with van der Waals surface area (Å²) in [5.74, 6) is -0.649. The molecule has 4 aliphatic heterocycles. The van der Waals surface area contributed by atoms with Crippen LogP contribution in [0.15, 0.2) is 83.0 Å². The quantitative estimate of drug-likeness (QED) is 0.0862. The van der Waals surface area contributed by atoms with E-state index in [0.717, 1.165) is 35.7 Å². The zero-order chi connectivity index (χ0) is 45.9. The molecule has 3 aromatic rings. The van der Waals surface area contributed by atoms with Crippen LogP contribution in [0.1, 0.15) is 58.9 Å². The number of halogens is 1. The van der Waals surface area contributed by atoms with Crippen molar-refractivity contribution in [3.63, 3.8) is 0 Å². The number of nitrogens with one attached hydrogen (secondary N) is 7. The predicted molar refractivity (Wildman–Crippen MR) is 249 cm³/mol. The highest BCUT2D eigenvalue weighted by Crippen LogP contribution is 2.30. The van der Waals surface area contributed by atoms with Gasteiger partial charge < -0.3 is 51.3 Å². The number of piperidine rings is 1. The van der Waals surface area contributed by atoms with Gasteiger partial charge in [0.05, 0.1) is 23.2 Å². The van der Waals surface area contributed by atoms with Crippen molar-refractivity contribution in [3.05, 3.63) is 94.7 Å². The fourth-order valence-corrected chi connectivity index (χ4v) is 8.40. The minimum absolute atomic E-state index is 0.113. The maximum Gasteiger partial charge on any atom is 0.317 e. The van der Waals surface area contributed by atoms with Crippen LogP contribution in [-0.2, 0) is 25.7 Å². The van der Waals surface area contributed by atoms with E-state index in [1.165, 1.54) is 4.90 Å². The minimum atomic E-state index is -0.704. The maximum atomic E-state index is 12.9. The Kier molecular flexibility index (Phi) is 15.7. The average molecular weight is 910 g/mol. The molecule has 19 heteroatoms. The first-order valence-corrected chi connectivity index (χ1v) is 22.4. The number of anilines is 4. The molecule has 7 N–H and O–H groups in total. The summed E-state index contributed by atoms with van der Waals surface area (Å²) in [5, 5.41) is 21.4. The zero-order valence-corrected chi connectivity index (χ0v) is 37.3. The smallest absolute Gasteiger partial charge is 0.317 e. The molecule has 0 saturated carbocycles. The largest absolute Gasteiger partial charge is 0.377 e. The van der Waals surface area contributed by atoms with Crippen molar-refractivity contribution in [1.82, 2.24) is 31.1 Å². The monoisotopic (exact) mass is 909 g/mol.